The number of allylic oxidation sites excluding steroid dienone is 1. The van der Waals surface area contributed by atoms with Gasteiger partial charge in [0.2, 0.25) is 0 Å². The molecule has 1 rings (SSSR count). The Labute approximate surface area is 79.6 Å². The zero-order chi connectivity index (χ0) is 9.68. The highest BCUT2D eigenvalue weighted by atomic mass is 15.3. The van der Waals surface area contributed by atoms with Crippen LogP contribution in [0.3, 0.4) is 0 Å². The Balaban J connectivity index is 3.02. The van der Waals surface area contributed by atoms with Crippen LogP contribution in [0.15, 0.2) is 18.9 Å². The van der Waals surface area contributed by atoms with Crippen molar-refractivity contribution in [3.63, 3.8) is 0 Å². The third-order valence-electron chi connectivity index (χ3n) is 1.89. The number of hydrogen-bond acceptors (Lipinski definition) is 1. The van der Waals surface area contributed by atoms with Crippen molar-refractivity contribution >= 4 is 12.2 Å². The third-order valence-corrected chi connectivity index (χ3v) is 1.89. The lowest BCUT2D eigenvalue weighted by Gasteiger charge is -2.01. The molecule has 0 aliphatic carbocycles. The maximum atomic E-state index is 4.29. The lowest BCUT2D eigenvalue weighted by Crippen LogP contribution is -2.00. The van der Waals surface area contributed by atoms with E-state index in [1.54, 1.807) is 0 Å². The maximum Gasteiger partial charge on any atom is 0.0676 e. The minimum atomic E-state index is 0.957. The SMILES string of the molecule is C=Cc1c(/C=C\C)cnn1CCC. The van der Waals surface area contributed by atoms with Crippen molar-refractivity contribution in [3.8, 4) is 0 Å². The lowest BCUT2D eigenvalue weighted by molar-refractivity contribution is 0.598. The molecule has 2 heteroatoms. The molecule has 0 saturated heterocycles. The van der Waals surface area contributed by atoms with Gasteiger partial charge in [-0.2, -0.15) is 5.10 Å². The summed E-state index contributed by atoms with van der Waals surface area (Å²) in [6.07, 6.45) is 8.90. The molecule has 0 aromatic carbocycles. The first-order valence-corrected chi connectivity index (χ1v) is 4.64. The molecule has 0 N–H and O–H groups in total. The van der Waals surface area contributed by atoms with Crippen LogP contribution in [0, 0.1) is 0 Å². The highest BCUT2D eigenvalue weighted by Gasteiger charge is 2.02. The van der Waals surface area contributed by atoms with E-state index >= 15 is 0 Å². The summed E-state index contributed by atoms with van der Waals surface area (Å²) in [5, 5.41) is 4.29. The van der Waals surface area contributed by atoms with Gasteiger partial charge >= 0.3 is 0 Å². The van der Waals surface area contributed by atoms with Gasteiger partial charge in [-0.05, 0) is 19.4 Å². The van der Waals surface area contributed by atoms with E-state index in [0.717, 1.165) is 24.2 Å². The van der Waals surface area contributed by atoms with Crippen LogP contribution in [-0.4, -0.2) is 9.78 Å². The summed E-state index contributed by atoms with van der Waals surface area (Å²) >= 11 is 0. The number of hydrogen-bond donors (Lipinski definition) is 0. The number of rotatable bonds is 4. The van der Waals surface area contributed by atoms with Crippen molar-refractivity contribution in [1.82, 2.24) is 9.78 Å². The molecule has 1 aromatic heterocycles. The summed E-state index contributed by atoms with van der Waals surface area (Å²) < 4.78 is 1.99. The van der Waals surface area contributed by atoms with E-state index in [2.05, 4.69) is 24.7 Å². The van der Waals surface area contributed by atoms with Gasteiger partial charge in [0.1, 0.15) is 0 Å². The second kappa shape index (κ2) is 4.65. The molecule has 0 spiro atoms. The van der Waals surface area contributed by atoms with Gasteiger partial charge in [0.05, 0.1) is 11.9 Å². The molecule has 1 aromatic rings. The Morgan fingerprint density at radius 3 is 2.92 bits per heavy atom. The van der Waals surface area contributed by atoms with Gasteiger partial charge in [-0.1, -0.05) is 25.7 Å². The van der Waals surface area contributed by atoms with Crippen molar-refractivity contribution in [1.29, 1.82) is 0 Å². The predicted octanol–water partition coefficient (Wildman–Crippen LogP) is 2.97. The molecule has 0 unspecified atom stereocenters. The van der Waals surface area contributed by atoms with Crippen LogP contribution in [0.5, 0.6) is 0 Å². The van der Waals surface area contributed by atoms with Gasteiger partial charge in [-0.3, -0.25) is 4.68 Å². The standard InChI is InChI=1S/C11H16N2/c1-4-7-10-9-12-13(8-5-2)11(10)6-3/h4,6-7,9H,3,5,8H2,1-2H3/b7-4-. The fourth-order valence-electron chi connectivity index (χ4n) is 1.33. The van der Waals surface area contributed by atoms with Crippen LogP contribution < -0.4 is 0 Å². The van der Waals surface area contributed by atoms with E-state index in [1.165, 1.54) is 0 Å². The molecule has 2 nitrogen and oxygen atoms in total. The minimum Gasteiger partial charge on any atom is -0.265 e. The van der Waals surface area contributed by atoms with Gasteiger partial charge < -0.3 is 0 Å². The van der Waals surface area contributed by atoms with E-state index in [-0.39, 0.29) is 0 Å². The van der Waals surface area contributed by atoms with Crippen LogP contribution in [-0.2, 0) is 6.54 Å². The van der Waals surface area contributed by atoms with Gasteiger partial charge in [-0.25, -0.2) is 0 Å². The largest absolute Gasteiger partial charge is 0.265 e. The average molecular weight is 176 g/mol. The molecule has 70 valence electrons. The van der Waals surface area contributed by atoms with Gasteiger partial charge in [0.25, 0.3) is 0 Å². The molecule has 0 saturated carbocycles. The Morgan fingerprint density at radius 2 is 2.38 bits per heavy atom. The van der Waals surface area contributed by atoms with E-state index in [4.69, 9.17) is 0 Å². The molecule has 0 amide bonds. The van der Waals surface area contributed by atoms with Crippen molar-refractivity contribution in [2.24, 2.45) is 0 Å². The molecule has 1 heterocycles. The highest BCUT2D eigenvalue weighted by Crippen LogP contribution is 2.12. The molecule has 13 heavy (non-hydrogen) atoms. The molecule has 0 radical (unpaired) electrons. The second-order valence-corrected chi connectivity index (χ2v) is 2.91. The van der Waals surface area contributed by atoms with Crippen molar-refractivity contribution in [2.45, 2.75) is 26.8 Å². The maximum absolute atomic E-state index is 4.29. The van der Waals surface area contributed by atoms with Crippen LogP contribution in [0.25, 0.3) is 12.2 Å². The van der Waals surface area contributed by atoms with E-state index in [9.17, 15) is 0 Å². The Hall–Kier alpha value is -1.31. The first-order chi connectivity index (χ1) is 6.33. The van der Waals surface area contributed by atoms with E-state index in [1.807, 2.05) is 30.0 Å². The molecule has 0 fully saturated rings. The van der Waals surface area contributed by atoms with Crippen molar-refractivity contribution in [3.05, 3.63) is 30.1 Å². The number of nitrogens with zero attached hydrogens (tertiary/aromatic N) is 2. The minimum absolute atomic E-state index is 0.957. The lowest BCUT2D eigenvalue weighted by atomic mass is 10.2. The van der Waals surface area contributed by atoms with Crippen LogP contribution in [0.4, 0.5) is 0 Å². The average Bonchev–Trinajstić information content (AvgIpc) is 2.49. The summed E-state index contributed by atoms with van der Waals surface area (Å²) in [4.78, 5) is 0. The Kier molecular flexibility index (Phi) is 3.50. The summed E-state index contributed by atoms with van der Waals surface area (Å²) in [6, 6.07) is 0. The normalized spacial score (nSPS) is 10.9. The molecular formula is C11H16N2. The number of aromatic nitrogens is 2. The molecule has 0 aliphatic heterocycles. The summed E-state index contributed by atoms with van der Waals surface area (Å²) in [6.45, 7) is 8.90. The Bertz CT molecular complexity index is 308. The topological polar surface area (TPSA) is 17.8 Å². The molecular weight excluding hydrogens is 160 g/mol. The fourth-order valence-corrected chi connectivity index (χ4v) is 1.33. The van der Waals surface area contributed by atoms with E-state index in [0.29, 0.717) is 0 Å². The smallest absolute Gasteiger partial charge is 0.0676 e. The predicted molar refractivity (Wildman–Crippen MR) is 57.3 cm³/mol. The first-order valence-electron chi connectivity index (χ1n) is 4.64. The summed E-state index contributed by atoms with van der Waals surface area (Å²) in [7, 11) is 0. The van der Waals surface area contributed by atoms with Crippen molar-refractivity contribution < 1.29 is 0 Å². The first kappa shape index (κ1) is 9.78. The Morgan fingerprint density at radius 1 is 1.62 bits per heavy atom. The van der Waals surface area contributed by atoms with E-state index < -0.39 is 0 Å². The van der Waals surface area contributed by atoms with Gasteiger partial charge in [-0.15, -0.1) is 0 Å². The second-order valence-electron chi connectivity index (χ2n) is 2.91. The van der Waals surface area contributed by atoms with Crippen LogP contribution in [0.2, 0.25) is 0 Å². The van der Waals surface area contributed by atoms with Gasteiger partial charge in [0, 0.05) is 12.1 Å². The van der Waals surface area contributed by atoms with Crippen LogP contribution >= 0.6 is 0 Å². The van der Waals surface area contributed by atoms with Gasteiger partial charge in [0.15, 0.2) is 0 Å². The summed E-state index contributed by atoms with van der Waals surface area (Å²) in [5.74, 6) is 0. The van der Waals surface area contributed by atoms with Crippen LogP contribution in [0.1, 0.15) is 31.5 Å². The zero-order valence-electron chi connectivity index (χ0n) is 8.33. The third kappa shape index (κ3) is 2.08. The van der Waals surface area contributed by atoms with Crippen molar-refractivity contribution in [2.75, 3.05) is 0 Å². The fraction of sp³-hybridized carbons (Fsp3) is 0.364. The monoisotopic (exact) mass is 176 g/mol. The zero-order valence-corrected chi connectivity index (χ0v) is 8.33. The molecule has 0 aliphatic rings. The quantitative estimate of drug-likeness (QED) is 0.689. The molecule has 0 bridgehead atoms. The summed E-state index contributed by atoms with van der Waals surface area (Å²) in [5.41, 5.74) is 2.26. The number of aryl methyl sites for hydroxylation is 1. The molecule has 0 atom stereocenters. The highest BCUT2D eigenvalue weighted by molar-refractivity contribution is 5.60.